The van der Waals surface area contributed by atoms with Crippen molar-refractivity contribution in [2.75, 3.05) is 0 Å². The first-order valence-corrected chi connectivity index (χ1v) is 5.63. The molecule has 0 N–H and O–H groups in total. The Morgan fingerprint density at radius 1 is 1.36 bits per heavy atom. The van der Waals surface area contributed by atoms with E-state index >= 15 is 0 Å². The molecule has 0 spiro atoms. The summed E-state index contributed by atoms with van der Waals surface area (Å²) in [6.45, 7) is 4.03. The first-order chi connectivity index (χ1) is 4.89. The van der Waals surface area contributed by atoms with E-state index in [2.05, 4.69) is 47.8 Å². The standard InChI is InChI=1S/C7H7Br3O/c1-7(2)5(9)3(8)4(11)6(7)10/h6H,1-2H3. The van der Waals surface area contributed by atoms with Crippen molar-refractivity contribution in [3.8, 4) is 0 Å². The first-order valence-electron chi connectivity index (χ1n) is 3.13. The quantitative estimate of drug-likeness (QED) is 0.615. The Morgan fingerprint density at radius 2 is 1.82 bits per heavy atom. The van der Waals surface area contributed by atoms with E-state index in [0.29, 0.717) is 4.48 Å². The van der Waals surface area contributed by atoms with Gasteiger partial charge in [0.25, 0.3) is 0 Å². The minimum atomic E-state index is -0.129. The molecule has 0 aliphatic heterocycles. The number of hydrogen-bond donors (Lipinski definition) is 0. The Labute approximate surface area is 91.0 Å². The lowest BCUT2D eigenvalue weighted by atomic mass is 9.93. The van der Waals surface area contributed by atoms with Gasteiger partial charge in [0.1, 0.15) is 0 Å². The van der Waals surface area contributed by atoms with Gasteiger partial charge in [0.2, 0.25) is 0 Å². The molecule has 0 aromatic carbocycles. The summed E-state index contributed by atoms with van der Waals surface area (Å²) in [6, 6.07) is 0. The summed E-state index contributed by atoms with van der Waals surface area (Å²) >= 11 is 9.98. The Hall–Kier alpha value is 0.850. The number of halogens is 3. The van der Waals surface area contributed by atoms with Crippen LogP contribution in [0.1, 0.15) is 13.8 Å². The minimum absolute atomic E-state index is 0.112. The van der Waals surface area contributed by atoms with E-state index in [1.54, 1.807) is 0 Å². The fraction of sp³-hybridized carbons (Fsp3) is 0.571. The van der Waals surface area contributed by atoms with E-state index in [1.807, 2.05) is 13.8 Å². The highest BCUT2D eigenvalue weighted by atomic mass is 79.9. The molecule has 1 unspecified atom stereocenters. The molecule has 1 rings (SSSR count). The lowest BCUT2D eigenvalue weighted by Gasteiger charge is -2.21. The molecule has 0 fully saturated rings. The van der Waals surface area contributed by atoms with Crippen molar-refractivity contribution in [1.82, 2.24) is 0 Å². The fourth-order valence-corrected chi connectivity index (χ4v) is 3.18. The van der Waals surface area contributed by atoms with Gasteiger partial charge in [-0.3, -0.25) is 4.79 Å². The molecule has 0 bridgehead atoms. The van der Waals surface area contributed by atoms with E-state index in [9.17, 15) is 4.79 Å². The summed E-state index contributed by atoms with van der Waals surface area (Å²) < 4.78 is 1.60. The highest BCUT2D eigenvalue weighted by molar-refractivity contribution is 9.14. The van der Waals surface area contributed by atoms with Crippen molar-refractivity contribution in [3.05, 3.63) is 8.96 Å². The zero-order valence-electron chi connectivity index (χ0n) is 6.12. The number of Topliss-reactive ketones (excluding diaryl/α,β-unsaturated/α-hetero) is 1. The third-order valence-corrected chi connectivity index (χ3v) is 6.14. The molecule has 62 valence electrons. The molecule has 1 atom stereocenters. The van der Waals surface area contributed by atoms with Crippen LogP contribution in [0, 0.1) is 5.41 Å². The Balaban J connectivity index is 3.16. The molecule has 0 saturated heterocycles. The maximum Gasteiger partial charge on any atom is 0.185 e. The summed E-state index contributed by atoms with van der Waals surface area (Å²) in [7, 11) is 0. The van der Waals surface area contributed by atoms with E-state index < -0.39 is 0 Å². The number of carbonyl (C=O) groups excluding carboxylic acids is 1. The molecule has 0 aromatic rings. The van der Waals surface area contributed by atoms with Gasteiger partial charge in [-0.25, -0.2) is 0 Å². The summed E-state index contributed by atoms with van der Waals surface area (Å²) in [5.41, 5.74) is -0.129. The van der Waals surface area contributed by atoms with E-state index in [0.717, 1.165) is 4.48 Å². The van der Waals surface area contributed by atoms with Crippen LogP contribution in [0.2, 0.25) is 0 Å². The second kappa shape index (κ2) is 2.96. The van der Waals surface area contributed by atoms with Crippen LogP contribution in [0.5, 0.6) is 0 Å². The molecule has 1 aliphatic carbocycles. The van der Waals surface area contributed by atoms with Gasteiger partial charge >= 0.3 is 0 Å². The third kappa shape index (κ3) is 1.38. The Bertz CT molecular complexity index is 242. The molecule has 0 heterocycles. The largest absolute Gasteiger partial charge is 0.292 e. The highest BCUT2D eigenvalue weighted by Gasteiger charge is 2.44. The Morgan fingerprint density at radius 3 is 1.91 bits per heavy atom. The molecular weight excluding hydrogens is 340 g/mol. The van der Waals surface area contributed by atoms with Gasteiger partial charge in [0.15, 0.2) is 5.78 Å². The maximum absolute atomic E-state index is 11.3. The van der Waals surface area contributed by atoms with Crippen molar-refractivity contribution < 1.29 is 4.79 Å². The van der Waals surface area contributed by atoms with Crippen LogP contribution in [0.3, 0.4) is 0 Å². The number of hydrogen-bond acceptors (Lipinski definition) is 1. The van der Waals surface area contributed by atoms with E-state index in [-0.39, 0.29) is 16.0 Å². The van der Waals surface area contributed by atoms with Crippen LogP contribution in [-0.4, -0.2) is 10.6 Å². The van der Waals surface area contributed by atoms with Crippen LogP contribution < -0.4 is 0 Å². The van der Waals surface area contributed by atoms with Gasteiger partial charge in [0, 0.05) is 9.90 Å². The Kier molecular flexibility index (Phi) is 2.68. The van der Waals surface area contributed by atoms with Gasteiger partial charge in [-0.05, 0) is 15.9 Å². The van der Waals surface area contributed by atoms with Gasteiger partial charge in [-0.1, -0.05) is 45.7 Å². The molecule has 0 saturated carbocycles. The van der Waals surface area contributed by atoms with Gasteiger partial charge < -0.3 is 0 Å². The molecule has 1 nitrogen and oxygen atoms in total. The van der Waals surface area contributed by atoms with Crippen LogP contribution in [0.25, 0.3) is 0 Å². The number of alkyl halides is 1. The summed E-state index contributed by atoms with van der Waals surface area (Å²) in [6.07, 6.45) is 0. The fourth-order valence-electron chi connectivity index (χ4n) is 0.941. The van der Waals surface area contributed by atoms with Crippen molar-refractivity contribution in [2.45, 2.75) is 18.7 Å². The van der Waals surface area contributed by atoms with Gasteiger partial charge in [-0.15, -0.1) is 0 Å². The molecule has 0 radical (unpaired) electrons. The van der Waals surface area contributed by atoms with Crippen LogP contribution in [0.15, 0.2) is 8.96 Å². The zero-order chi connectivity index (χ0) is 8.81. The van der Waals surface area contributed by atoms with Crippen molar-refractivity contribution >= 4 is 53.6 Å². The predicted molar refractivity (Wildman–Crippen MR) is 56.4 cm³/mol. The van der Waals surface area contributed by atoms with Crippen LogP contribution >= 0.6 is 47.8 Å². The van der Waals surface area contributed by atoms with Crippen molar-refractivity contribution in [1.29, 1.82) is 0 Å². The average Bonchev–Trinajstić information content (AvgIpc) is 2.06. The normalized spacial score (nSPS) is 29.9. The van der Waals surface area contributed by atoms with Crippen LogP contribution in [0.4, 0.5) is 0 Å². The highest BCUT2D eigenvalue weighted by Crippen LogP contribution is 2.48. The SMILES string of the molecule is CC1(C)C(Br)=C(Br)C(=O)C1Br. The monoisotopic (exact) mass is 344 g/mol. The zero-order valence-corrected chi connectivity index (χ0v) is 10.9. The van der Waals surface area contributed by atoms with Gasteiger partial charge in [0.05, 0.1) is 9.31 Å². The molecule has 0 aromatic heterocycles. The first kappa shape index (κ1) is 9.93. The average molecular weight is 347 g/mol. The lowest BCUT2D eigenvalue weighted by Crippen LogP contribution is -2.24. The second-order valence-electron chi connectivity index (χ2n) is 3.08. The molecule has 1 aliphatic rings. The number of allylic oxidation sites excluding steroid dienone is 2. The molecular formula is C7H7Br3O. The van der Waals surface area contributed by atoms with Crippen molar-refractivity contribution in [2.24, 2.45) is 5.41 Å². The maximum atomic E-state index is 11.3. The van der Waals surface area contributed by atoms with Gasteiger partial charge in [-0.2, -0.15) is 0 Å². The number of carbonyl (C=O) groups is 1. The smallest absolute Gasteiger partial charge is 0.185 e. The van der Waals surface area contributed by atoms with Crippen LogP contribution in [-0.2, 0) is 4.79 Å². The van der Waals surface area contributed by atoms with E-state index in [1.165, 1.54) is 0 Å². The lowest BCUT2D eigenvalue weighted by molar-refractivity contribution is -0.114. The summed E-state index contributed by atoms with van der Waals surface area (Å²) in [4.78, 5) is 11.2. The third-order valence-electron chi connectivity index (χ3n) is 1.84. The molecule has 11 heavy (non-hydrogen) atoms. The molecule has 0 amide bonds. The summed E-state index contributed by atoms with van der Waals surface area (Å²) in [5, 5.41) is 0. The predicted octanol–water partition coefficient (Wildman–Crippen LogP) is 3.36. The topological polar surface area (TPSA) is 17.1 Å². The minimum Gasteiger partial charge on any atom is -0.292 e. The van der Waals surface area contributed by atoms with Crippen molar-refractivity contribution in [3.63, 3.8) is 0 Å². The number of ketones is 1. The number of rotatable bonds is 0. The molecule has 4 heteroatoms. The van der Waals surface area contributed by atoms with E-state index in [4.69, 9.17) is 0 Å². The second-order valence-corrected chi connectivity index (χ2v) is 5.58. The summed E-state index contributed by atoms with van der Waals surface area (Å²) in [5.74, 6) is 0.113.